The number of aromatic nitrogens is 1. The van der Waals surface area contributed by atoms with E-state index in [0.717, 1.165) is 15.8 Å². The molecule has 0 bridgehead atoms. The van der Waals surface area contributed by atoms with Gasteiger partial charge in [-0.05, 0) is 44.4 Å². The third-order valence-corrected chi connectivity index (χ3v) is 5.66. The van der Waals surface area contributed by atoms with E-state index in [1.165, 1.54) is 11.8 Å². The summed E-state index contributed by atoms with van der Waals surface area (Å²) < 4.78 is 5.81. The first-order chi connectivity index (χ1) is 13.4. The zero-order valence-corrected chi connectivity index (χ0v) is 18.5. The number of halogens is 1. The lowest BCUT2D eigenvalue weighted by atomic mass is 10.3. The summed E-state index contributed by atoms with van der Waals surface area (Å²) in [6, 6.07) is 9.08. The lowest BCUT2D eigenvalue weighted by Gasteiger charge is -2.08. The minimum absolute atomic E-state index is 0.136. The molecule has 1 heterocycles. The number of aryl methyl sites for hydroxylation is 1. The third kappa shape index (κ3) is 5.58. The Bertz CT molecular complexity index is 949. The number of amides is 1. The van der Waals surface area contributed by atoms with Crippen molar-refractivity contribution in [3.05, 3.63) is 49.9 Å². The molecule has 28 heavy (non-hydrogen) atoms. The van der Waals surface area contributed by atoms with Crippen LogP contribution in [-0.2, 0) is 9.53 Å². The first-order valence-corrected chi connectivity index (χ1v) is 10.9. The Kier molecular flexibility index (Phi) is 8.04. The number of nitrogens with zero attached hydrogens (tertiary/aromatic N) is 2. The number of nitrogens with one attached hydrogen (secondary N) is 2. The molecule has 0 aliphatic rings. The number of anilines is 2. The van der Waals surface area contributed by atoms with E-state index < -0.39 is 5.97 Å². The standard InChI is InChI=1S/C18H17BrN4O3S2/c1-4-26-17(25)13(9-20)16(27-3)23-18-21-10(2)14(28-18)15(24)22-12-7-5-11(19)6-8-12/h5-8H,4H2,1-3H3,(H,21,23)(H,22,24)/b16-13+. The topological polar surface area (TPSA) is 104 Å². The fraction of sp³-hybridized carbons (Fsp3) is 0.222. The molecule has 2 N–H and O–H groups in total. The monoisotopic (exact) mass is 480 g/mol. The Morgan fingerprint density at radius 3 is 2.57 bits per heavy atom. The highest BCUT2D eigenvalue weighted by Crippen LogP contribution is 2.28. The van der Waals surface area contributed by atoms with Crippen molar-refractivity contribution in [1.29, 1.82) is 5.26 Å². The Hall–Kier alpha value is -2.35. The largest absolute Gasteiger partial charge is 0.462 e. The molecule has 1 aromatic heterocycles. The highest BCUT2D eigenvalue weighted by atomic mass is 79.9. The van der Waals surface area contributed by atoms with Crippen molar-refractivity contribution in [3.63, 3.8) is 0 Å². The zero-order valence-electron chi connectivity index (χ0n) is 15.3. The van der Waals surface area contributed by atoms with Crippen LogP contribution in [0.3, 0.4) is 0 Å². The molecule has 0 atom stereocenters. The van der Waals surface area contributed by atoms with Crippen LogP contribution >= 0.6 is 39.0 Å². The van der Waals surface area contributed by atoms with Crippen LogP contribution < -0.4 is 10.6 Å². The molecule has 0 saturated carbocycles. The van der Waals surface area contributed by atoms with E-state index in [4.69, 9.17) is 4.74 Å². The van der Waals surface area contributed by atoms with Crippen molar-refractivity contribution in [1.82, 2.24) is 4.98 Å². The molecule has 7 nitrogen and oxygen atoms in total. The van der Waals surface area contributed by atoms with Gasteiger partial charge in [-0.15, -0.1) is 11.8 Å². The summed E-state index contributed by atoms with van der Waals surface area (Å²) in [6.07, 6.45) is 1.72. The number of thioether (sulfide) groups is 1. The third-order valence-electron chi connectivity index (χ3n) is 3.35. The molecule has 2 aromatic rings. The second-order valence-corrected chi connectivity index (χ2v) is 7.99. The van der Waals surface area contributed by atoms with Gasteiger partial charge in [0.1, 0.15) is 10.9 Å². The van der Waals surface area contributed by atoms with Crippen LogP contribution in [-0.4, -0.2) is 29.7 Å². The average Bonchev–Trinajstić information content (AvgIpc) is 3.04. The van der Waals surface area contributed by atoms with Crippen LogP contribution in [0.15, 0.2) is 39.3 Å². The predicted octanol–water partition coefficient (Wildman–Crippen LogP) is 4.54. The summed E-state index contributed by atoms with van der Waals surface area (Å²) in [5.74, 6) is -0.991. The molecule has 0 spiro atoms. The smallest absolute Gasteiger partial charge is 0.351 e. The SMILES string of the molecule is CCOC(=O)/C(C#N)=C(\Nc1nc(C)c(C(=O)Nc2ccc(Br)cc2)s1)SC. The maximum Gasteiger partial charge on any atom is 0.351 e. The first-order valence-electron chi connectivity index (χ1n) is 8.06. The van der Waals surface area contributed by atoms with Crippen molar-refractivity contribution in [2.75, 3.05) is 23.5 Å². The Labute approximate surface area is 179 Å². The van der Waals surface area contributed by atoms with Gasteiger partial charge in [-0.2, -0.15) is 5.26 Å². The van der Waals surface area contributed by atoms with Gasteiger partial charge < -0.3 is 15.4 Å². The number of carbonyl (C=O) groups is 2. The molecule has 0 radical (unpaired) electrons. The summed E-state index contributed by atoms with van der Waals surface area (Å²) in [5.41, 5.74) is 1.06. The van der Waals surface area contributed by atoms with Crippen molar-refractivity contribution in [3.8, 4) is 6.07 Å². The van der Waals surface area contributed by atoms with Crippen molar-refractivity contribution < 1.29 is 14.3 Å². The van der Waals surface area contributed by atoms with E-state index in [1.54, 1.807) is 32.2 Å². The average molecular weight is 481 g/mol. The zero-order chi connectivity index (χ0) is 20.7. The van der Waals surface area contributed by atoms with Gasteiger partial charge in [-0.1, -0.05) is 27.3 Å². The van der Waals surface area contributed by atoms with Crippen LogP contribution in [0.2, 0.25) is 0 Å². The number of esters is 1. The van der Waals surface area contributed by atoms with Gasteiger partial charge in [0.15, 0.2) is 10.7 Å². The lowest BCUT2D eigenvalue weighted by Crippen LogP contribution is -2.11. The molecule has 146 valence electrons. The second kappa shape index (κ2) is 10.3. The summed E-state index contributed by atoms with van der Waals surface area (Å²) in [6.45, 7) is 3.55. The molecular formula is C18H17BrN4O3S2. The van der Waals surface area contributed by atoms with E-state index >= 15 is 0 Å². The van der Waals surface area contributed by atoms with Crippen LogP contribution in [0.25, 0.3) is 0 Å². The Morgan fingerprint density at radius 1 is 1.32 bits per heavy atom. The van der Waals surface area contributed by atoms with Crippen LogP contribution in [0.1, 0.15) is 22.3 Å². The Morgan fingerprint density at radius 2 is 2.00 bits per heavy atom. The fourth-order valence-electron chi connectivity index (χ4n) is 2.09. The minimum atomic E-state index is -0.705. The molecule has 0 saturated heterocycles. The van der Waals surface area contributed by atoms with Crippen molar-refractivity contribution in [2.45, 2.75) is 13.8 Å². The quantitative estimate of drug-likeness (QED) is 0.340. The van der Waals surface area contributed by atoms with Gasteiger partial charge in [0, 0.05) is 10.2 Å². The van der Waals surface area contributed by atoms with E-state index in [2.05, 4.69) is 31.5 Å². The highest BCUT2D eigenvalue weighted by molar-refractivity contribution is 9.10. The number of hydrogen-bond acceptors (Lipinski definition) is 8. The van der Waals surface area contributed by atoms with Crippen molar-refractivity contribution >= 4 is 61.7 Å². The number of ether oxygens (including phenoxy) is 1. The van der Waals surface area contributed by atoms with Crippen LogP contribution in [0, 0.1) is 18.3 Å². The maximum atomic E-state index is 12.5. The molecule has 2 rings (SSSR count). The van der Waals surface area contributed by atoms with Crippen LogP contribution in [0.5, 0.6) is 0 Å². The summed E-state index contributed by atoms with van der Waals surface area (Å²) in [4.78, 5) is 29.2. The predicted molar refractivity (Wildman–Crippen MR) is 115 cm³/mol. The summed E-state index contributed by atoms with van der Waals surface area (Å²) in [7, 11) is 0. The number of carbonyl (C=O) groups excluding carboxylic acids is 2. The number of nitriles is 1. The molecule has 0 fully saturated rings. The molecule has 0 aliphatic heterocycles. The van der Waals surface area contributed by atoms with Gasteiger partial charge >= 0.3 is 5.97 Å². The molecule has 1 aromatic carbocycles. The van der Waals surface area contributed by atoms with Gasteiger partial charge in [0.05, 0.1) is 17.3 Å². The molecule has 10 heteroatoms. The van der Waals surface area contributed by atoms with E-state index in [1.807, 2.05) is 18.2 Å². The summed E-state index contributed by atoms with van der Waals surface area (Å²) >= 11 is 5.67. The highest BCUT2D eigenvalue weighted by Gasteiger charge is 2.20. The maximum absolute atomic E-state index is 12.5. The Balaban J connectivity index is 2.22. The van der Waals surface area contributed by atoms with E-state index in [9.17, 15) is 14.9 Å². The molecule has 1 amide bonds. The van der Waals surface area contributed by atoms with Crippen LogP contribution in [0.4, 0.5) is 10.8 Å². The fourth-order valence-corrected chi connectivity index (χ4v) is 3.81. The number of thiazole rings is 1. The number of benzene rings is 1. The molecule has 0 aliphatic carbocycles. The van der Waals surface area contributed by atoms with E-state index in [0.29, 0.717) is 26.4 Å². The normalized spacial score (nSPS) is 11.2. The van der Waals surface area contributed by atoms with Gasteiger partial charge in [-0.3, -0.25) is 4.79 Å². The number of rotatable bonds is 7. The number of hydrogen-bond donors (Lipinski definition) is 2. The lowest BCUT2D eigenvalue weighted by molar-refractivity contribution is -0.138. The van der Waals surface area contributed by atoms with Gasteiger partial charge in [0.25, 0.3) is 5.91 Å². The van der Waals surface area contributed by atoms with Crippen molar-refractivity contribution in [2.24, 2.45) is 0 Å². The van der Waals surface area contributed by atoms with Gasteiger partial charge in [0.2, 0.25) is 0 Å². The molecule has 0 unspecified atom stereocenters. The molecular weight excluding hydrogens is 464 g/mol. The first kappa shape index (κ1) is 21.9. The summed E-state index contributed by atoms with van der Waals surface area (Å²) in [5, 5.41) is 15.8. The second-order valence-electron chi connectivity index (χ2n) is 5.26. The van der Waals surface area contributed by atoms with E-state index in [-0.39, 0.29) is 18.1 Å². The van der Waals surface area contributed by atoms with Gasteiger partial charge in [-0.25, -0.2) is 9.78 Å². The minimum Gasteiger partial charge on any atom is -0.462 e.